The van der Waals surface area contributed by atoms with Gasteiger partial charge in [-0.15, -0.1) is 0 Å². The van der Waals surface area contributed by atoms with Crippen molar-refractivity contribution in [2.24, 2.45) is 5.92 Å². The van der Waals surface area contributed by atoms with Gasteiger partial charge in [0.1, 0.15) is 6.04 Å². The zero-order chi connectivity index (χ0) is 27.4. The first-order valence-electron chi connectivity index (χ1n) is 12.7. The molecule has 0 bridgehead atoms. The predicted octanol–water partition coefficient (Wildman–Crippen LogP) is 4.52. The smallest absolute Gasteiger partial charge is 0.251 e. The number of hydrogen-bond acceptors (Lipinski definition) is 5. The Hall–Kier alpha value is -3.55. The third kappa shape index (κ3) is 9.12. The van der Waals surface area contributed by atoms with E-state index >= 15 is 0 Å². The van der Waals surface area contributed by atoms with Crippen molar-refractivity contribution in [1.82, 2.24) is 10.6 Å². The monoisotopic (exact) mass is 510 g/mol. The first kappa shape index (κ1) is 29.7. The fraction of sp³-hybridized carbons (Fsp3) is 0.448. The Labute approximate surface area is 220 Å². The lowest BCUT2D eigenvalue weighted by molar-refractivity contribution is -0.122. The fourth-order valence-corrected chi connectivity index (χ4v) is 3.73. The summed E-state index contributed by atoms with van der Waals surface area (Å²) in [5, 5.41) is 5.60. The van der Waals surface area contributed by atoms with E-state index in [-0.39, 0.29) is 18.4 Å². The zero-order valence-electron chi connectivity index (χ0n) is 22.8. The molecule has 8 heteroatoms. The largest absolute Gasteiger partial charge is 0.493 e. The van der Waals surface area contributed by atoms with Gasteiger partial charge < -0.3 is 25.0 Å². The van der Waals surface area contributed by atoms with Crippen molar-refractivity contribution in [3.05, 3.63) is 60.1 Å². The lowest BCUT2D eigenvalue weighted by Crippen LogP contribution is -2.53. The van der Waals surface area contributed by atoms with Crippen LogP contribution in [0.2, 0.25) is 0 Å². The summed E-state index contributed by atoms with van der Waals surface area (Å²) in [6, 6.07) is 11.5. The molecule has 2 N–H and O–H groups in total. The number of aryl methyl sites for hydroxylation is 1. The first-order chi connectivity index (χ1) is 17.7. The molecule has 8 nitrogen and oxygen atoms in total. The molecule has 1 atom stereocenters. The third-order valence-electron chi connectivity index (χ3n) is 5.91. The van der Waals surface area contributed by atoms with Crippen molar-refractivity contribution in [3.63, 3.8) is 0 Å². The van der Waals surface area contributed by atoms with Gasteiger partial charge in [0.05, 0.1) is 20.8 Å². The van der Waals surface area contributed by atoms with Gasteiger partial charge in [0.2, 0.25) is 11.8 Å². The molecule has 0 aromatic heterocycles. The van der Waals surface area contributed by atoms with Gasteiger partial charge >= 0.3 is 0 Å². The highest BCUT2D eigenvalue weighted by molar-refractivity contribution is 5.99. The number of nitrogens with zero attached hydrogens (tertiary/aromatic N) is 1. The molecule has 3 amide bonds. The van der Waals surface area contributed by atoms with Crippen LogP contribution in [0, 0.1) is 12.5 Å². The van der Waals surface area contributed by atoms with Gasteiger partial charge in [0, 0.05) is 30.8 Å². The number of nitrogens with one attached hydrogen (secondary N) is 2. The van der Waals surface area contributed by atoms with Gasteiger partial charge in [-0.1, -0.05) is 39.3 Å². The number of rotatable bonds is 14. The predicted molar refractivity (Wildman–Crippen MR) is 146 cm³/mol. The van der Waals surface area contributed by atoms with E-state index in [0.717, 1.165) is 24.8 Å². The topological polar surface area (TPSA) is 97.0 Å². The van der Waals surface area contributed by atoms with Gasteiger partial charge in [0.25, 0.3) is 5.91 Å². The summed E-state index contributed by atoms with van der Waals surface area (Å²) >= 11 is 0. The maximum atomic E-state index is 13.1. The summed E-state index contributed by atoms with van der Waals surface area (Å²) in [5.41, 5.74) is 2.13. The molecule has 0 fully saturated rings. The summed E-state index contributed by atoms with van der Waals surface area (Å²) in [5.74, 6) is 0.251. The fourth-order valence-electron chi connectivity index (χ4n) is 3.73. The summed E-state index contributed by atoms with van der Waals surface area (Å²) in [7, 11) is 3.04. The average Bonchev–Trinajstić information content (AvgIpc) is 2.89. The minimum absolute atomic E-state index is 0.0630. The van der Waals surface area contributed by atoms with Crippen molar-refractivity contribution in [1.29, 1.82) is 0 Å². The van der Waals surface area contributed by atoms with Gasteiger partial charge in [-0.2, -0.15) is 0 Å². The molecule has 0 saturated heterocycles. The number of benzene rings is 2. The Morgan fingerprint density at radius 2 is 1.68 bits per heavy atom. The first-order valence-corrected chi connectivity index (χ1v) is 12.7. The number of carbonyl (C=O) groups excluding carboxylic acids is 3. The molecule has 0 aliphatic rings. The number of anilines is 1. The van der Waals surface area contributed by atoms with E-state index in [9.17, 15) is 14.4 Å². The standard InChI is InChI=1S/C29H40N3O5/c1-7-8-9-22-10-12-23(13-11-22)28(34)31-25(29(35)30-17-16-20(2)3)19-32(21(4)33)24-14-15-26(36-5)27(18-24)37-6/h10-15,17-18,20,25H,7-9,16,19H2,1-6H3,(H,30,35)(H,31,34)/t25-/m0/s1. The Bertz CT molecular complexity index is 1040. The van der Waals surface area contributed by atoms with Crippen molar-refractivity contribution in [2.45, 2.75) is 59.4 Å². The maximum Gasteiger partial charge on any atom is 0.251 e. The van der Waals surface area contributed by atoms with Crippen LogP contribution in [0.3, 0.4) is 0 Å². The van der Waals surface area contributed by atoms with Crippen LogP contribution in [-0.4, -0.2) is 44.5 Å². The zero-order valence-corrected chi connectivity index (χ0v) is 22.8. The van der Waals surface area contributed by atoms with Crippen molar-refractivity contribution < 1.29 is 23.9 Å². The maximum absolute atomic E-state index is 13.1. The molecule has 0 spiro atoms. The summed E-state index contributed by atoms with van der Waals surface area (Å²) in [4.78, 5) is 40.3. The lowest BCUT2D eigenvalue weighted by Gasteiger charge is -2.27. The van der Waals surface area contributed by atoms with Gasteiger partial charge in [-0.25, -0.2) is 0 Å². The minimum Gasteiger partial charge on any atom is -0.493 e. The van der Waals surface area contributed by atoms with Gasteiger partial charge in [-0.05, 0) is 55.0 Å². The third-order valence-corrected chi connectivity index (χ3v) is 5.91. The highest BCUT2D eigenvalue weighted by Crippen LogP contribution is 2.31. The van der Waals surface area contributed by atoms with Gasteiger partial charge in [-0.3, -0.25) is 14.4 Å². The molecule has 0 aliphatic heterocycles. The van der Waals surface area contributed by atoms with Crippen molar-refractivity contribution in [3.8, 4) is 11.5 Å². The Morgan fingerprint density at radius 3 is 2.24 bits per heavy atom. The quantitative estimate of drug-likeness (QED) is 0.389. The molecule has 37 heavy (non-hydrogen) atoms. The van der Waals surface area contributed by atoms with Gasteiger partial charge in [0.15, 0.2) is 11.5 Å². The van der Waals surface area contributed by atoms with E-state index in [1.807, 2.05) is 26.0 Å². The molecule has 0 unspecified atom stereocenters. The van der Waals surface area contributed by atoms with Crippen molar-refractivity contribution >= 4 is 23.4 Å². The number of carbonyl (C=O) groups is 3. The van der Waals surface area contributed by atoms with E-state index in [4.69, 9.17) is 9.47 Å². The molecule has 2 rings (SSSR count). The number of hydrogen-bond donors (Lipinski definition) is 2. The molecule has 0 aliphatic carbocycles. The van der Waals surface area contributed by atoms with E-state index < -0.39 is 11.9 Å². The normalized spacial score (nSPS) is 11.5. The van der Waals surface area contributed by atoms with Crippen molar-refractivity contribution in [2.75, 3.05) is 25.7 Å². The summed E-state index contributed by atoms with van der Waals surface area (Å²) in [6.45, 7) is 9.25. The summed E-state index contributed by atoms with van der Waals surface area (Å²) in [6.07, 6.45) is 3.81. The Morgan fingerprint density at radius 1 is 1.00 bits per heavy atom. The van der Waals surface area contributed by atoms with Crippen LogP contribution in [0.25, 0.3) is 0 Å². The Balaban J connectivity index is 2.28. The number of amides is 3. The molecular formula is C29H40N3O5. The Kier molecular flexibility index (Phi) is 11.9. The van der Waals surface area contributed by atoms with E-state index in [1.54, 1.807) is 36.9 Å². The van der Waals surface area contributed by atoms with Crippen LogP contribution >= 0.6 is 0 Å². The molecule has 2 aromatic rings. The molecule has 201 valence electrons. The van der Waals surface area contributed by atoms with Crippen LogP contribution in [0.15, 0.2) is 42.5 Å². The molecule has 1 radical (unpaired) electrons. The number of methoxy groups -OCH3 is 2. The minimum atomic E-state index is -0.993. The summed E-state index contributed by atoms with van der Waals surface area (Å²) < 4.78 is 10.7. The van der Waals surface area contributed by atoms with Crippen LogP contribution in [0.5, 0.6) is 11.5 Å². The SMILES string of the molecule is CCCCc1ccc(C(=O)N[C@@H](CN(C(C)=O)c2ccc(OC)c(OC)c2)C(=O)N[CH]CC(C)C)cc1. The van der Waals surface area contributed by atoms with Crippen LogP contribution in [-0.2, 0) is 16.0 Å². The van der Waals surface area contributed by atoms with Crippen LogP contribution < -0.4 is 25.0 Å². The molecule has 2 aromatic carbocycles. The second kappa shape index (κ2) is 14.9. The van der Waals surface area contributed by atoms with Crippen LogP contribution in [0.1, 0.15) is 62.9 Å². The average molecular weight is 511 g/mol. The second-order valence-electron chi connectivity index (χ2n) is 9.34. The molecular weight excluding hydrogens is 470 g/mol. The highest BCUT2D eigenvalue weighted by atomic mass is 16.5. The van der Waals surface area contributed by atoms with E-state index in [1.165, 1.54) is 26.0 Å². The second-order valence-corrected chi connectivity index (χ2v) is 9.34. The highest BCUT2D eigenvalue weighted by Gasteiger charge is 2.27. The van der Waals surface area contributed by atoms with E-state index in [2.05, 4.69) is 17.6 Å². The molecule has 0 heterocycles. The molecule has 0 saturated carbocycles. The van der Waals surface area contributed by atoms with Crippen LogP contribution in [0.4, 0.5) is 5.69 Å². The number of ether oxygens (including phenoxy) is 2. The lowest BCUT2D eigenvalue weighted by atomic mass is 10.1. The van der Waals surface area contributed by atoms with E-state index in [0.29, 0.717) is 35.1 Å². The number of unbranched alkanes of at least 4 members (excludes halogenated alkanes) is 1.